The number of aromatic nitrogens is 3. The maximum atomic E-state index is 13.5. The van der Waals surface area contributed by atoms with E-state index >= 15 is 0 Å². The second-order valence-electron chi connectivity index (χ2n) is 3.85. The molecule has 2 rings (SSSR count). The largest absolute Gasteiger partial charge is 0.419 e. The zero-order valence-corrected chi connectivity index (χ0v) is 10.7. The fraction of sp³-hybridized carbons (Fsp3) is 0.273. The standard InChI is InChI=1S/C11H8F5N3S/c12-8-2-7(11(14,15)16)9(13)1-6(8)3-20-4-10-17-5-18-19-10/h1-2,5H,3-4H2,(H,17,18,19). The Hall–Kier alpha value is -1.64. The third-order valence-corrected chi connectivity index (χ3v) is 3.40. The van der Waals surface area contributed by atoms with E-state index in [4.69, 9.17) is 0 Å². The van der Waals surface area contributed by atoms with E-state index in [9.17, 15) is 22.0 Å². The van der Waals surface area contributed by atoms with Crippen LogP contribution in [0.5, 0.6) is 0 Å². The lowest BCUT2D eigenvalue weighted by molar-refractivity contribution is -0.140. The van der Waals surface area contributed by atoms with Gasteiger partial charge in [-0.1, -0.05) is 0 Å². The molecule has 108 valence electrons. The number of thioether (sulfide) groups is 1. The van der Waals surface area contributed by atoms with Gasteiger partial charge in [-0.2, -0.15) is 18.3 Å². The van der Waals surface area contributed by atoms with Crippen molar-refractivity contribution in [2.24, 2.45) is 0 Å². The summed E-state index contributed by atoms with van der Waals surface area (Å²) >= 11 is 1.18. The molecule has 0 aliphatic heterocycles. The van der Waals surface area contributed by atoms with Crippen LogP contribution in [-0.2, 0) is 17.7 Å². The number of nitrogens with one attached hydrogen (secondary N) is 1. The van der Waals surface area contributed by atoms with Gasteiger partial charge < -0.3 is 0 Å². The Morgan fingerprint density at radius 2 is 1.85 bits per heavy atom. The van der Waals surface area contributed by atoms with E-state index in [1.54, 1.807) is 0 Å². The van der Waals surface area contributed by atoms with E-state index in [1.807, 2.05) is 0 Å². The molecule has 0 saturated carbocycles. The molecule has 20 heavy (non-hydrogen) atoms. The maximum absolute atomic E-state index is 13.5. The summed E-state index contributed by atoms with van der Waals surface area (Å²) in [5.74, 6) is -1.62. The Bertz CT molecular complexity index is 582. The molecule has 0 aliphatic rings. The fourth-order valence-corrected chi connectivity index (χ4v) is 2.35. The van der Waals surface area contributed by atoms with Crippen LogP contribution in [0.1, 0.15) is 17.0 Å². The predicted molar refractivity (Wildman–Crippen MR) is 62.7 cm³/mol. The van der Waals surface area contributed by atoms with Gasteiger partial charge in [0.25, 0.3) is 0 Å². The van der Waals surface area contributed by atoms with E-state index in [2.05, 4.69) is 15.2 Å². The zero-order chi connectivity index (χ0) is 14.8. The van der Waals surface area contributed by atoms with Crippen molar-refractivity contribution in [3.63, 3.8) is 0 Å². The molecule has 9 heteroatoms. The minimum atomic E-state index is -4.91. The quantitative estimate of drug-likeness (QED) is 0.878. The van der Waals surface area contributed by atoms with Crippen molar-refractivity contribution < 1.29 is 22.0 Å². The number of benzene rings is 1. The van der Waals surface area contributed by atoms with Gasteiger partial charge in [0.1, 0.15) is 23.8 Å². The maximum Gasteiger partial charge on any atom is 0.419 e. The van der Waals surface area contributed by atoms with Gasteiger partial charge in [0.15, 0.2) is 0 Å². The summed E-state index contributed by atoms with van der Waals surface area (Å²) in [6.07, 6.45) is -3.61. The molecule has 0 bridgehead atoms. The highest BCUT2D eigenvalue weighted by atomic mass is 32.2. The molecule has 3 nitrogen and oxygen atoms in total. The van der Waals surface area contributed by atoms with E-state index in [1.165, 1.54) is 18.1 Å². The molecule has 0 unspecified atom stereocenters. The van der Waals surface area contributed by atoms with E-state index in [0.29, 0.717) is 17.6 Å². The lowest BCUT2D eigenvalue weighted by atomic mass is 10.1. The highest BCUT2D eigenvalue weighted by molar-refractivity contribution is 7.97. The van der Waals surface area contributed by atoms with Gasteiger partial charge >= 0.3 is 6.18 Å². The molecule has 0 spiro atoms. The van der Waals surface area contributed by atoms with Crippen LogP contribution in [0.2, 0.25) is 0 Å². The molecule has 1 heterocycles. The van der Waals surface area contributed by atoms with Crippen molar-refractivity contribution in [2.45, 2.75) is 17.7 Å². The Labute approximate surface area is 114 Å². The number of alkyl halides is 3. The molecular weight excluding hydrogens is 301 g/mol. The normalized spacial score (nSPS) is 11.8. The first-order valence-electron chi connectivity index (χ1n) is 5.35. The van der Waals surface area contributed by atoms with E-state index < -0.39 is 23.4 Å². The van der Waals surface area contributed by atoms with Crippen molar-refractivity contribution in [3.8, 4) is 0 Å². The van der Waals surface area contributed by atoms with Crippen molar-refractivity contribution in [1.29, 1.82) is 0 Å². The highest BCUT2D eigenvalue weighted by Crippen LogP contribution is 2.33. The summed E-state index contributed by atoms with van der Waals surface area (Å²) in [5, 5.41) is 6.19. The zero-order valence-electron chi connectivity index (χ0n) is 9.84. The Kier molecular flexibility index (Phi) is 4.26. The lowest BCUT2D eigenvalue weighted by Gasteiger charge is -2.10. The Morgan fingerprint density at radius 3 is 2.45 bits per heavy atom. The SMILES string of the molecule is Fc1cc(C(F)(F)F)c(F)cc1CSCc1ncn[nH]1. The number of nitrogens with zero attached hydrogens (tertiary/aromatic N) is 2. The molecule has 1 N–H and O–H groups in total. The van der Waals surface area contributed by atoms with Crippen LogP contribution in [0, 0.1) is 11.6 Å². The van der Waals surface area contributed by atoms with Crippen molar-refractivity contribution >= 4 is 11.8 Å². The molecule has 0 radical (unpaired) electrons. The van der Waals surface area contributed by atoms with Crippen LogP contribution in [0.4, 0.5) is 22.0 Å². The topological polar surface area (TPSA) is 41.6 Å². The second kappa shape index (κ2) is 5.78. The van der Waals surface area contributed by atoms with Gasteiger partial charge in [-0.15, -0.1) is 11.8 Å². The van der Waals surface area contributed by atoms with Crippen molar-refractivity contribution in [1.82, 2.24) is 15.2 Å². The van der Waals surface area contributed by atoms with Crippen LogP contribution in [0.15, 0.2) is 18.5 Å². The van der Waals surface area contributed by atoms with E-state index in [-0.39, 0.29) is 17.4 Å². The minimum Gasteiger partial charge on any atom is -0.263 e. The molecule has 0 amide bonds. The summed E-state index contributed by atoms with van der Waals surface area (Å²) in [5.41, 5.74) is -1.72. The summed E-state index contributed by atoms with van der Waals surface area (Å²) in [6.45, 7) is 0. The smallest absolute Gasteiger partial charge is 0.263 e. The molecular formula is C11H8F5N3S. The average molecular weight is 309 g/mol. The third kappa shape index (κ3) is 3.47. The molecule has 1 aromatic heterocycles. The van der Waals surface area contributed by atoms with Crippen molar-refractivity contribution in [3.05, 3.63) is 47.0 Å². The summed E-state index contributed by atoms with van der Waals surface area (Å²) < 4.78 is 63.9. The van der Waals surface area contributed by atoms with Gasteiger partial charge in [-0.3, -0.25) is 5.10 Å². The minimum absolute atomic E-state index is 0.0294. The molecule has 0 fully saturated rings. The Morgan fingerprint density at radius 1 is 1.10 bits per heavy atom. The van der Waals surface area contributed by atoms with Crippen LogP contribution in [0.3, 0.4) is 0 Å². The predicted octanol–water partition coefficient (Wildman–Crippen LogP) is 3.54. The first-order valence-corrected chi connectivity index (χ1v) is 6.50. The van der Waals surface area contributed by atoms with Gasteiger partial charge in [-0.25, -0.2) is 13.8 Å². The number of rotatable bonds is 4. The summed E-state index contributed by atoms with van der Waals surface area (Å²) in [6, 6.07) is 0.755. The number of halogens is 5. The van der Waals surface area contributed by atoms with Crippen molar-refractivity contribution in [2.75, 3.05) is 0 Å². The first kappa shape index (κ1) is 14.8. The number of aromatic amines is 1. The monoisotopic (exact) mass is 309 g/mol. The second-order valence-corrected chi connectivity index (χ2v) is 4.83. The molecule has 1 aromatic carbocycles. The number of hydrogen-bond acceptors (Lipinski definition) is 3. The van der Waals surface area contributed by atoms with Crippen LogP contribution in [0.25, 0.3) is 0 Å². The van der Waals surface area contributed by atoms with Gasteiger partial charge in [-0.05, 0) is 12.1 Å². The molecule has 0 saturated heterocycles. The van der Waals surface area contributed by atoms with Crippen LogP contribution in [-0.4, -0.2) is 15.2 Å². The number of H-pyrrole nitrogens is 1. The first-order chi connectivity index (χ1) is 9.38. The van der Waals surface area contributed by atoms with E-state index in [0.717, 1.165) is 0 Å². The Balaban J connectivity index is 2.07. The average Bonchev–Trinajstić information content (AvgIpc) is 2.84. The number of hydrogen-bond donors (Lipinski definition) is 1. The lowest BCUT2D eigenvalue weighted by Crippen LogP contribution is -2.09. The van der Waals surface area contributed by atoms with Gasteiger partial charge in [0.2, 0.25) is 0 Å². The van der Waals surface area contributed by atoms with Crippen LogP contribution < -0.4 is 0 Å². The van der Waals surface area contributed by atoms with Crippen LogP contribution >= 0.6 is 11.8 Å². The highest BCUT2D eigenvalue weighted by Gasteiger charge is 2.35. The summed E-state index contributed by atoms with van der Waals surface area (Å²) in [4.78, 5) is 3.83. The third-order valence-electron chi connectivity index (χ3n) is 2.40. The summed E-state index contributed by atoms with van der Waals surface area (Å²) in [7, 11) is 0. The molecule has 0 aliphatic carbocycles. The molecule has 0 atom stereocenters. The molecule has 2 aromatic rings. The fourth-order valence-electron chi connectivity index (χ4n) is 1.47. The van der Waals surface area contributed by atoms with Gasteiger partial charge in [0.05, 0.1) is 11.3 Å². The van der Waals surface area contributed by atoms with Gasteiger partial charge in [0, 0.05) is 11.3 Å².